The number of carbonyl (C=O) groups excluding carboxylic acids is 1. The smallest absolute Gasteiger partial charge is 0.272 e. The highest BCUT2D eigenvalue weighted by Crippen LogP contribution is 2.32. The molecule has 0 radical (unpaired) electrons. The molecule has 3 aromatic rings. The predicted octanol–water partition coefficient (Wildman–Crippen LogP) is 2.32. The van der Waals surface area contributed by atoms with Crippen LogP contribution >= 0.6 is 0 Å². The zero-order valence-electron chi connectivity index (χ0n) is 14.1. The molecule has 4 rings (SSSR count). The number of ether oxygens (including phenoxy) is 1. The molecule has 128 valence electrons. The van der Waals surface area contributed by atoms with Gasteiger partial charge in [0.1, 0.15) is 17.3 Å². The highest BCUT2D eigenvalue weighted by atomic mass is 16.5. The van der Waals surface area contributed by atoms with E-state index in [0.29, 0.717) is 18.8 Å². The maximum absolute atomic E-state index is 13.0. The predicted molar refractivity (Wildman–Crippen MR) is 91.2 cm³/mol. The minimum atomic E-state index is -0.105. The van der Waals surface area contributed by atoms with Crippen molar-refractivity contribution in [3.8, 4) is 5.75 Å². The van der Waals surface area contributed by atoms with E-state index in [0.717, 1.165) is 22.8 Å². The van der Waals surface area contributed by atoms with Crippen LogP contribution in [0.5, 0.6) is 5.75 Å². The average Bonchev–Trinajstić information content (AvgIpc) is 3.30. The standard InChI is InChI=1S/C18H19N5O2/c1-12-9-19-17-11-23(18(24)15-6-7-20-21-15)16(10-22(12)17)13-4-3-5-14(8-13)25-2/h3-9,16H,10-11H2,1-2H3,(H,20,21). The fourth-order valence-electron chi connectivity index (χ4n) is 3.30. The molecule has 0 saturated heterocycles. The molecule has 7 heteroatoms. The third-order valence-electron chi connectivity index (χ3n) is 4.65. The molecule has 3 heterocycles. The molecule has 0 saturated carbocycles. The van der Waals surface area contributed by atoms with Gasteiger partial charge in [0.05, 0.1) is 19.7 Å². The Morgan fingerprint density at radius 1 is 1.36 bits per heavy atom. The van der Waals surface area contributed by atoms with Gasteiger partial charge in [-0.1, -0.05) is 12.1 Å². The summed E-state index contributed by atoms with van der Waals surface area (Å²) in [6.45, 7) is 3.15. The summed E-state index contributed by atoms with van der Waals surface area (Å²) < 4.78 is 7.52. The van der Waals surface area contributed by atoms with Gasteiger partial charge >= 0.3 is 0 Å². The summed E-state index contributed by atoms with van der Waals surface area (Å²) in [4.78, 5) is 19.3. The zero-order chi connectivity index (χ0) is 17.4. The van der Waals surface area contributed by atoms with E-state index in [1.54, 1.807) is 19.4 Å². The van der Waals surface area contributed by atoms with E-state index >= 15 is 0 Å². The Hall–Kier alpha value is -3.09. The molecular formula is C18H19N5O2. The van der Waals surface area contributed by atoms with Crippen molar-refractivity contribution in [1.29, 1.82) is 0 Å². The van der Waals surface area contributed by atoms with Gasteiger partial charge < -0.3 is 14.2 Å². The molecule has 1 aliphatic rings. The van der Waals surface area contributed by atoms with Gasteiger partial charge in [-0.05, 0) is 30.7 Å². The SMILES string of the molecule is COc1cccc(C2Cn3c(C)cnc3CN2C(=O)c2ccn[nH]2)c1. The second kappa shape index (κ2) is 6.08. The van der Waals surface area contributed by atoms with Crippen LogP contribution in [0.15, 0.2) is 42.7 Å². The Bertz CT molecular complexity index is 900. The van der Waals surface area contributed by atoms with Crippen LogP contribution in [0, 0.1) is 6.92 Å². The third kappa shape index (κ3) is 2.67. The fourth-order valence-corrected chi connectivity index (χ4v) is 3.30. The van der Waals surface area contributed by atoms with Crippen molar-refractivity contribution in [2.45, 2.75) is 26.1 Å². The van der Waals surface area contributed by atoms with Gasteiger partial charge in [0.15, 0.2) is 0 Å². The Kier molecular flexibility index (Phi) is 3.76. The molecule has 0 bridgehead atoms. The summed E-state index contributed by atoms with van der Waals surface area (Å²) in [5, 5.41) is 6.66. The Morgan fingerprint density at radius 3 is 3.00 bits per heavy atom. The molecule has 1 atom stereocenters. The van der Waals surface area contributed by atoms with Crippen LogP contribution in [0.2, 0.25) is 0 Å². The number of rotatable bonds is 3. The minimum absolute atomic E-state index is 0.0859. The van der Waals surface area contributed by atoms with E-state index in [1.807, 2.05) is 42.3 Å². The number of aromatic nitrogens is 4. The molecule has 2 aromatic heterocycles. The van der Waals surface area contributed by atoms with Crippen LogP contribution in [0.1, 0.15) is 33.6 Å². The van der Waals surface area contributed by atoms with Crippen LogP contribution in [0.4, 0.5) is 0 Å². The Labute approximate surface area is 145 Å². The maximum Gasteiger partial charge on any atom is 0.272 e. The first kappa shape index (κ1) is 15.4. The first-order chi connectivity index (χ1) is 12.2. The van der Waals surface area contributed by atoms with Crippen molar-refractivity contribution < 1.29 is 9.53 Å². The number of carbonyl (C=O) groups is 1. The maximum atomic E-state index is 13.0. The van der Waals surface area contributed by atoms with E-state index in [2.05, 4.69) is 19.7 Å². The quantitative estimate of drug-likeness (QED) is 0.796. The highest BCUT2D eigenvalue weighted by molar-refractivity contribution is 5.92. The average molecular weight is 337 g/mol. The number of aromatic amines is 1. The number of nitrogens with one attached hydrogen (secondary N) is 1. The normalized spacial score (nSPS) is 16.6. The number of aryl methyl sites for hydroxylation is 1. The Balaban J connectivity index is 1.77. The van der Waals surface area contributed by atoms with E-state index in [-0.39, 0.29) is 11.9 Å². The molecule has 0 spiro atoms. The fraction of sp³-hybridized carbons (Fsp3) is 0.278. The van der Waals surface area contributed by atoms with Gasteiger partial charge in [-0.25, -0.2) is 4.98 Å². The summed E-state index contributed by atoms with van der Waals surface area (Å²) in [6, 6.07) is 9.45. The number of amides is 1. The van der Waals surface area contributed by atoms with Crippen LogP contribution in [0.3, 0.4) is 0 Å². The minimum Gasteiger partial charge on any atom is -0.497 e. The number of nitrogens with zero attached hydrogens (tertiary/aromatic N) is 4. The summed E-state index contributed by atoms with van der Waals surface area (Å²) in [6.07, 6.45) is 3.44. The molecule has 25 heavy (non-hydrogen) atoms. The second-order valence-electron chi connectivity index (χ2n) is 6.12. The van der Waals surface area contributed by atoms with Crippen molar-refractivity contribution in [2.75, 3.05) is 7.11 Å². The van der Waals surface area contributed by atoms with Gasteiger partial charge in [-0.2, -0.15) is 5.10 Å². The van der Waals surface area contributed by atoms with Crippen molar-refractivity contribution in [1.82, 2.24) is 24.6 Å². The van der Waals surface area contributed by atoms with Crippen molar-refractivity contribution in [3.63, 3.8) is 0 Å². The lowest BCUT2D eigenvalue weighted by atomic mass is 10.0. The van der Waals surface area contributed by atoms with E-state index in [1.165, 1.54) is 0 Å². The molecular weight excluding hydrogens is 318 g/mol. The molecule has 1 N–H and O–H groups in total. The van der Waals surface area contributed by atoms with Gasteiger partial charge in [0.25, 0.3) is 5.91 Å². The summed E-state index contributed by atoms with van der Waals surface area (Å²) in [5.74, 6) is 1.58. The van der Waals surface area contributed by atoms with Crippen LogP contribution in [-0.4, -0.2) is 37.7 Å². The first-order valence-electron chi connectivity index (χ1n) is 8.12. The number of imidazole rings is 1. The lowest BCUT2D eigenvalue weighted by molar-refractivity contribution is 0.0576. The number of benzene rings is 1. The van der Waals surface area contributed by atoms with Crippen molar-refractivity contribution >= 4 is 5.91 Å². The van der Waals surface area contributed by atoms with E-state index in [9.17, 15) is 4.79 Å². The molecule has 1 amide bonds. The number of fused-ring (bicyclic) bond motifs is 1. The number of hydrogen-bond acceptors (Lipinski definition) is 4. The molecule has 7 nitrogen and oxygen atoms in total. The molecule has 1 unspecified atom stereocenters. The summed E-state index contributed by atoms with van der Waals surface area (Å²) >= 11 is 0. The third-order valence-corrected chi connectivity index (χ3v) is 4.65. The van der Waals surface area contributed by atoms with Gasteiger partial charge in [-0.3, -0.25) is 9.89 Å². The first-order valence-corrected chi connectivity index (χ1v) is 8.12. The van der Waals surface area contributed by atoms with Gasteiger partial charge in [0.2, 0.25) is 0 Å². The van der Waals surface area contributed by atoms with Crippen LogP contribution in [0.25, 0.3) is 0 Å². The highest BCUT2D eigenvalue weighted by Gasteiger charge is 2.33. The lowest BCUT2D eigenvalue weighted by Gasteiger charge is -2.36. The molecule has 0 fully saturated rings. The Morgan fingerprint density at radius 2 is 2.24 bits per heavy atom. The number of hydrogen-bond donors (Lipinski definition) is 1. The largest absolute Gasteiger partial charge is 0.497 e. The van der Waals surface area contributed by atoms with E-state index < -0.39 is 0 Å². The second-order valence-corrected chi connectivity index (χ2v) is 6.12. The topological polar surface area (TPSA) is 76.0 Å². The summed E-state index contributed by atoms with van der Waals surface area (Å²) in [5.41, 5.74) is 2.60. The molecule has 1 aliphatic heterocycles. The van der Waals surface area contributed by atoms with Crippen LogP contribution < -0.4 is 4.74 Å². The van der Waals surface area contributed by atoms with Crippen molar-refractivity contribution in [3.05, 3.63) is 65.5 Å². The van der Waals surface area contributed by atoms with Gasteiger partial charge in [0, 0.05) is 24.6 Å². The number of H-pyrrole nitrogens is 1. The van der Waals surface area contributed by atoms with Crippen LogP contribution in [-0.2, 0) is 13.1 Å². The zero-order valence-corrected chi connectivity index (χ0v) is 14.1. The van der Waals surface area contributed by atoms with E-state index in [4.69, 9.17) is 4.74 Å². The molecule has 0 aliphatic carbocycles. The molecule has 1 aromatic carbocycles. The monoisotopic (exact) mass is 337 g/mol. The summed E-state index contributed by atoms with van der Waals surface area (Å²) in [7, 11) is 1.64. The van der Waals surface area contributed by atoms with Gasteiger partial charge in [-0.15, -0.1) is 0 Å². The lowest BCUT2D eigenvalue weighted by Crippen LogP contribution is -2.41. The van der Waals surface area contributed by atoms with Crippen molar-refractivity contribution in [2.24, 2.45) is 0 Å². The number of methoxy groups -OCH3 is 1.